The van der Waals surface area contributed by atoms with Crippen molar-refractivity contribution in [2.75, 3.05) is 0 Å². The van der Waals surface area contributed by atoms with Gasteiger partial charge < -0.3 is 9.84 Å². The summed E-state index contributed by atoms with van der Waals surface area (Å²) in [6, 6.07) is 30.7. The summed E-state index contributed by atoms with van der Waals surface area (Å²) in [5.74, 6) is -0.215. The highest BCUT2D eigenvalue weighted by atomic mass is 16.5. The summed E-state index contributed by atoms with van der Waals surface area (Å²) < 4.78 is 5.93. The van der Waals surface area contributed by atoms with E-state index in [9.17, 15) is 15.2 Å². The topological polar surface area (TPSA) is 70.3 Å². The van der Waals surface area contributed by atoms with Crippen LogP contribution in [0.4, 0.5) is 0 Å². The molecular weight excluding hydrogens is 398 g/mol. The normalized spacial score (nSPS) is 11.0. The standard InChI is InChI=1S/C26H19NO3.C2H6/c27-17-24(19-8-6-11-22(15-19)30-21-9-2-1-3-10-21)26-20(16-25(28)29)14-13-18-7-4-5-12-23(18)26;1-2/h1-15,24H,16H2,(H,28,29);1-2H3. The van der Waals surface area contributed by atoms with Gasteiger partial charge in [0.15, 0.2) is 0 Å². The Bertz CT molecular complexity index is 1240. The van der Waals surface area contributed by atoms with Crippen molar-refractivity contribution < 1.29 is 14.6 Å². The molecular formula is C28H25NO3. The number of hydrogen-bond donors (Lipinski definition) is 1. The van der Waals surface area contributed by atoms with E-state index in [4.69, 9.17) is 4.74 Å². The first-order valence-corrected chi connectivity index (χ1v) is 10.6. The van der Waals surface area contributed by atoms with Gasteiger partial charge in [0.1, 0.15) is 11.5 Å². The lowest BCUT2D eigenvalue weighted by Crippen LogP contribution is -2.08. The Balaban J connectivity index is 0.00000141. The van der Waals surface area contributed by atoms with Gasteiger partial charge in [-0.1, -0.05) is 80.6 Å². The van der Waals surface area contributed by atoms with Gasteiger partial charge in [0.05, 0.1) is 18.4 Å². The monoisotopic (exact) mass is 423 g/mol. The Labute approximate surface area is 188 Å². The van der Waals surface area contributed by atoms with Crippen molar-refractivity contribution >= 4 is 16.7 Å². The third-order valence-electron chi connectivity index (χ3n) is 4.99. The lowest BCUT2D eigenvalue weighted by atomic mass is 9.84. The lowest BCUT2D eigenvalue weighted by Gasteiger charge is -2.18. The van der Waals surface area contributed by atoms with Crippen LogP contribution in [0, 0.1) is 11.3 Å². The van der Waals surface area contributed by atoms with E-state index in [0.29, 0.717) is 17.1 Å². The molecule has 1 atom stereocenters. The maximum absolute atomic E-state index is 11.5. The number of aliphatic carboxylic acids is 1. The second-order valence-corrected chi connectivity index (χ2v) is 6.98. The van der Waals surface area contributed by atoms with Gasteiger partial charge >= 0.3 is 5.97 Å². The van der Waals surface area contributed by atoms with Gasteiger partial charge in [-0.15, -0.1) is 0 Å². The number of benzene rings is 4. The van der Waals surface area contributed by atoms with Gasteiger partial charge in [-0.25, -0.2) is 0 Å². The van der Waals surface area contributed by atoms with Crippen molar-refractivity contribution in [2.45, 2.75) is 26.2 Å². The molecule has 0 heterocycles. The Morgan fingerprint density at radius 1 is 0.906 bits per heavy atom. The van der Waals surface area contributed by atoms with Crippen LogP contribution < -0.4 is 4.74 Å². The number of hydrogen-bond acceptors (Lipinski definition) is 3. The van der Waals surface area contributed by atoms with Crippen molar-refractivity contribution in [1.82, 2.24) is 0 Å². The number of carbonyl (C=O) groups is 1. The van der Waals surface area contributed by atoms with Crippen molar-refractivity contribution in [1.29, 1.82) is 5.26 Å². The molecule has 4 nitrogen and oxygen atoms in total. The molecule has 0 amide bonds. The first kappa shape index (κ1) is 22.6. The summed E-state index contributed by atoms with van der Waals surface area (Å²) in [5.41, 5.74) is 2.13. The van der Waals surface area contributed by atoms with E-state index in [1.54, 1.807) is 6.07 Å². The minimum absolute atomic E-state index is 0.140. The molecule has 4 aromatic rings. The molecule has 0 aromatic heterocycles. The van der Waals surface area contributed by atoms with Crippen molar-refractivity contribution in [3.8, 4) is 17.6 Å². The van der Waals surface area contributed by atoms with Gasteiger partial charge in [-0.3, -0.25) is 4.79 Å². The molecule has 0 spiro atoms. The molecule has 4 heteroatoms. The zero-order chi connectivity index (χ0) is 22.9. The van der Waals surface area contributed by atoms with Crippen LogP contribution in [0.15, 0.2) is 91.0 Å². The Morgan fingerprint density at radius 3 is 2.31 bits per heavy atom. The van der Waals surface area contributed by atoms with Crippen molar-refractivity contribution in [2.24, 2.45) is 0 Å². The summed E-state index contributed by atoms with van der Waals surface area (Å²) in [5, 5.41) is 21.3. The minimum atomic E-state index is -0.926. The molecule has 4 rings (SSSR count). The van der Waals surface area contributed by atoms with Crippen LogP contribution in [-0.2, 0) is 11.2 Å². The maximum Gasteiger partial charge on any atom is 0.307 e. The number of nitriles is 1. The number of rotatable bonds is 6. The van der Waals surface area contributed by atoms with Crippen LogP contribution >= 0.6 is 0 Å². The van der Waals surface area contributed by atoms with Crippen LogP contribution in [0.1, 0.15) is 36.5 Å². The third kappa shape index (κ3) is 5.14. The summed E-state index contributed by atoms with van der Waals surface area (Å²) in [6.07, 6.45) is -0.140. The largest absolute Gasteiger partial charge is 0.481 e. The molecule has 1 N–H and O–H groups in total. The Kier molecular flexibility index (Phi) is 7.61. The van der Waals surface area contributed by atoms with E-state index in [2.05, 4.69) is 6.07 Å². The van der Waals surface area contributed by atoms with Crippen LogP contribution in [0.25, 0.3) is 10.8 Å². The number of fused-ring (bicyclic) bond motifs is 1. The molecule has 4 aromatic carbocycles. The molecule has 0 aliphatic rings. The van der Waals surface area contributed by atoms with Crippen LogP contribution in [0.2, 0.25) is 0 Å². The van der Waals surface area contributed by atoms with Gasteiger partial charge in [-0.05, 0) is 51.7 Å². The van der Waals surface area contributed by atoms with Crippen molar-refractivity contribution in [3.63, 3.8) is 0 Å². The average molecular weight is 424 g/mol. The fraction of sp³-hybridized carbons (Fsp3) is 0.143. The van der Waals surface area contributed by atoms with E-state index < -0.39 is 11.9 Å². The molecule has 160 valence electrons. The lowest BCUT2D eigenvalue weighted by molar-refractivity contribution is -0.136. The smallest absolute Gasteiger partial charge is 0.307 e. The van der Waals surface area contributed by atoms with E-state index in [-0.39, 0.29) is 6.42 Å². The van der Waals surface area contributed by atoms with E-state index >= 15 is 0 Å². The van der Waals surface area contributed by atoms with Gasteiger partial charge in [0.25, 0.3) is 0 Å². The molecule has 0 fully saturated rings. The van der Waals surface area contributed by atoms with Crippen LogP contribution in [-0.4, -0.2) is 11.1 Å². The molecule has 32 heavy (non-hydrogen) atoms. The third-order valence-corrected chi connectivity index (χ3v) is 4.99. The number of ether oxygens (including phenoxy) is 1. The Hall–Kier alpha value is -4.10. The quantitative estimate of drug-likeness (QED) is 0.365. The molecule has 0 aliphatic carbocycles. The maximum atomic E-state index is 11.5. The number of carboxylic acids is 1. The number of para-hydroxylation sites is 1. The summed E-state index contributed by atoms with van der Waals surface area (Å²) in [7, 11) is 0. The average Bonchev–Trinajstić information content (AvgIpc) is 2.82. The van der Waals surface area contributed by atoms with Crippen LogP contribution in [0.3, 0.4) is 0 Å². The van der Waals surface area contributed by atoms with Crippen molar-refractivity contribution in [3.05, 3.63) is 108 Å². The fourth-order valence-electron chi connectivity index (χ4n) is 3.69. The molecule has 0 saturated carbocycles. The SMILES string of the molecule is CC.N#CC(c1cccc(Oc2ccccc2)c1)c1c(CC(=O)O)ccc2ccccc12. The van der Waals surface area contributed by atoms with E-state index in [1.165, 1.54) is 0 Å². The molecule has 0 bridgehead atoms. The van der Waals surface area contributed by atoms with Gasteiger partial charge in [0.2, 0.25) is 0 Å². The number of carboxylic acid groups (broad SMARTS) is 1. The zero-order valence-electron chi connectivity index (χ0n) is 18.2. The highest BCUT2D eigenvalue weighted by molar-refractivity contribution is 5.89. The Morgan fingerprint density at radius 2 is 1.59 bits per heavy atom. The highest BCUT2D eigenvalue weighted by Gasteiger charge is 2.22. The summed E-state index contributed by atoms with van der Waals surface area (Å²) >= 11 is 0. The fourth-order valence-corrected chi connectivity index (χ4v) is 3.69. The first-order valence-electron chi connectivity index (χ1n) is 10.6. The summed E-state index contributed by atoms with van der Waals surface area (Å²) in [4.78, 5) is 11.5. The van der Waals surface area contributed by atoms with Gasteiger partial charge in [0, 0.05) is 0 Å². The molecule has 0 radical (unpaired) electrons. The molecule has 1 unspecified atom stereocenters. The first-order chi connectivity index (χ1) is 15.7. The summed E-state index contributed by atoms with van der Waals surface area (Å²) in [6.45, 7) is 4.00. The minimum Gasteiger partial charge on any atom is -0.481 e. The predicted octanol–water partition coefficient (Wildman–Crippen LogP) is 6.94. The zero-order valence-corrected chi connectivity index (χ0v) is 18.2. The van der Waals surface area contributed by atoms with E-state index in [1.807, 2.05) is 98.8 Å². The van der Waals surface area contributed by atoms with Gasteiger partial charge in [-0.2, -0.15) is 5.26 Å². The van der Waals surface area contributed by atoms with E-state index in [0.717, 1.165) is 21.9 Å². The molecule has 0 aliphatic heterocycles. The van der Waals surface area contributed by atoms with Crippen LogP contribution in [0.5, 0.6) is 11.5 Å². The predicted molar refractivity (Wildman–Crippen MR) is 127 cm³/mol. The highest BCUT2D eigenvalue weighted by Crippen LogP contribution is 2.35. The second-order valence-electron chi connectivity index (χ2n) is 6.98. The second kappa shape index (κ2) is 10.8. The molecule has 0 saturated heterocycles. The number of nitrogens with zero attached hydrogens (tertiary/aromatic N) is 1.